The molecule has 1 aliphatic carbocycles. The molecule has 0 amide bonds. The van der Waals surface area contributed by atoms with Gasteiger partial charge in [-0.1, -0.05) is 6.42 Å². The summed E-state index contributed by atoms with van der Waals surface area (Å²) in [6, 6.07) is 0. The first-order valence-electron chi connectivity index (χ1n) is 2.70. The zero-order valence-corrected chi connectivity index (χ0v) is 10.8. The van der Waals surface area contributed by atoms with Crippen molar-refractivity contribution in [1.29, 1.82) is 0 Å². The number of allylic oxidation sites excluding steroid dienone is 2. The van der Waals surface area contributed by atoms with Gasteiger partial charge in [0, 0.05) is 0 Å². The van der Waals surface area contributed by atoms with Gasteiger partial charge in [0.1, 0.15) is 0 Å². The molecule has 0 saturated heterocycles. The van der Waals surface area contributed by atoms with Crippen molar-refractivity contribution in [3.8, 4) is 0 Å². The minimum absolute atomic E-state index is 0. The van der Waals surface area contributed by atoms with E-state index in [2.05, 4.69) is 10.8 Å². The van der Waals surface area contributed by atoms with Crippen molar-refractivity contribution in [3.05, 3.63) is 46.1 Å². The van der Waals surface area contributed by atoms with E-state index < -0.39 is 0 Å². The number of hydrogen-bond donors (Lipinski definition) is 0. The molecule has 1 rings (SSSR count). The Bertz CT molecular complexity index is 183. The third-order valence-electron chi connectivity index (χ3n) is 1.10. The van der Waals surface area contributed by atoms with Crippen LogP contribution in [0.2, 0.25) is 0 Å². The Morgan fingerprint density at radius 1 is 1.46 bits per heavy atom. The number of hydrogen-bond acceptors (Lipinski definition) is 2. The Hall–Kier alpha value is -0.362. The Labute approximate surface area is 96.3 Å². The van der Waals surface area contributed by atoms with E-state index in [4.69, 9.17) is 0 Å². The van der Waals surface area contributed by atoms with Crippen LogP contribution in [0.1, 0.15) is 6.42 Å². The minimum Gasteiger partial charge on any atom is -0.523 e. The van der Waals surface area contributed by atoms with Gasteiger partial charge in [0.05, 0.1) is 7.11 Å². The molecule has 0 aromatic carbocycles. The maximum atomic E-state index is 10.6. The zero-order valence-electron chi connectivity index (χ0n) is 8.49. The molecule has 0 saturated carbocycles. The summed E-state index contributed by atoms with van der Waals surface area (Å²) in [5.74, 6) is -0.302. The minimum atomic E-state index is -0.302. The van der Waals surface area contributed by atoms with Crippen LogP contribution in [0.4, 0.5) is 0 Å². The average molecular weight is 363 g/mol. The normalized spacial score (nSPS) is 10.7. The van der Waals surface area contributed by atoms with Crippen molar-refractivity contribution in [3.63, 3.8) is 0 Å². The molecular formula is C10H16O2Pt. The second kappa shape index (κ2) is 11.6. The van der Waals surface area contributed by atoms with E-state index in [1.165, 1.54) is 7.11 Å². The molecule has 0 aliphatic heterocycles. The molecule has 0 bridgehead atoms. The van der Waals surface area contributed by atoms with Crippen LogP contribution < -0.4 is 0 Å². The van der Waals surface area contributed by atoms with Crippen LogP contribution in [0.15, 0.2) is 17.7 Å². The van der Waals surface area contributed by atoms with Crippen LogP contribution in [0, 0.1) is 28.4 Å². The summed E-state index contributed by atoms with van der Waals surface area (Å²) >= 11 is 0. The predicted octanol–water partition coefficient (Wildman–Crippen LogP) is 2.20. The SMILES string of the molecule is COC(=O)C1=[C-]CC=C1.[CH3-].[CH3-].[CH3-].[Pt+4]. The van der Waals surface area contributed by atoms with Gasteiger partial charge in [-0.25, -0.2) is 0 Å². The molecule has 0 N–H and O–H groups in total. The summed E-state index contributed by atoms with van der Waals surface area (Å²) in [6.07, 6.45) is 7.15. The molecule has 1 aliphatic rings. The average Bonchev–Trinajstić information content (AvgIpc) is 2.37. The summed E-state index contributed by atoms with van der Waals surface area (Å²) in [6.45, 7) is 0. The van der Waals surface area contributed by atoms with E-state index in [9.17, 15) is 4.79 Å². The van der Waals surface area contributed by atoms with Gasteiger partial charge in [0.15, 0.2) is 0 Å². The predicted molar refractivity (Wildman–Crippen MR) is 51.8 cm³/mol. The van der Waals surface area contributed by atoms with Crippen molar-refractivity contribution < 1.29 is 30.6 Å². The van der Waals surface area contributed by atoms with Crippen molar-refractivity contribution in [2.45, 2.75) is 6.42 Å². The number of carbonyl (C=O) groups excluding carboxylic acids is 1. The second-order valence-corrected chi connectivity index (χ2v) is 1.69. The summed E-state index contributed by atoms with van der Waals surface area (Å²) in [4.78, 5) is 10.6. The van der Waals surface area contributed by atoms with E-state index in [0.29, 0.717) is 5.57 Å². The number of carbonyl (C=O) groups is 1. The maximum absolute atomic E-state index is 10.6. The Kier molecular flexibility index (Phi) is 20.5. The Morgan fingerprint density at radius 3 is 2.31 bits per heavy atom. The summed E-state index contributed by atoms with van der Waals surface area (Å²) < 4.78 is 4.44. The van der Waals surface area contributed by atoms with Crippen molar-refractivity contribution in [1.82, 2.24) is 0 Å². The molecule has 0 unspecified atom stereocenters. The van der Waals surface area contributed by atoms with E-state index in [-0.39, 0.29) is 49.3 Å². The Balaban J connectivity index is -0.000000101. The quantitative estimate of drug-likeness (QED) is 0.527. The second-order valence-electron chi connectivity index (χ2n) is 1.69. The van der Waals surface area contributed by atoms with Crippen LogP contribution in [-0.4, -0.2) is 13.1 Å². The molecule has 0 spiro atoms. The van der Waals surface area contributed by atoms with Gasteiger partial charge in [-0.05, 0) is 0 Å². The topological polar surface area (TPSA) is 26.3 Å². The molecule has 78 valence electrons. The van der Waals surface area contributed by atoms with Crippen molar-refractivity contribution in [2.75, 3.05) is 7.11 Å². The molecule has 0 radical (unpaired) electrons. The fourth-order valence-corrected chi connectivity index (χ4v) is 0.655. The van der Waals surface area contributed by atoms with Crippen LogP contribution in [0.5, 0.6) is 0 Å². The van der Waals surface area contributed by atoms with Gasteiger partial charge >= 0.3 is 21.1 Å². The molecular weight excluding hydrogens is 347 g/mol. The molecule has 0 atom stereocenters. The van der Waals surface area contributed by atoms with Gasteiger partial charge in [0.2, 0.25) is 5.97 Å². The van der Waals surface area contributed by atoms with Gasteiger partial charge in [-0.15, -0.1) is 11.6 Å². The molecule has 2 nitrogen and oxygen atoms in total. The van der Waals surface area contributed by atoms with E-state index in [0.717, 1.165) is 6.42 Å². The van der Waals surface area contributed by atoms with Gasteiger partial charge in [-0.2, -0.15) is 12.2 Å². The summed E-state index contributed by atoms with van der Waals surface area (Å²) in [7, 11) is 1.36. The van der Waals surface area contributed by atoms with Crippen LogP contribution in [-0.2, 0) is 30.6 Å². The van der Waals surface area contributed by atoms with Crippen LogP contribution >= 0.6 is 0 Å². The van der Waals surface area contributed by atoms with E-state index in [1.54, 1.807) is 6.08 Å². The molecule has 0 heterocycles. The maximum Gasteiger partial charge on any atom is 4.00 e. The molecule has 0 fully saturated rings. The molecule has 3 heteroatoms. The van der Waals surface area contributed by atoms with Crippen molar-refractivity contribution in [2.24, 2.45) is 0 Å². The molecule has 0 aromatic rings. The number of rotatable bonds is 1. The standard InChI is InChI=1S/C7H7O2.3CH3.Pt/c1-9-7(8)6-4-2-3-5-6;;;;/h2,4H,3H2,1H3;3*1H3;/q4*-1;+4. The monoisotopic (exact) mass is 363 g/mol. The van der Waals surface area contributed by atoms with Gasteiger partial charge in [-0.3, -0.25) is 0 Å². The van der Waals surface area contributed by atoms with E-state index >= 15 is 0 Å². The van der Waals surface area contributed by atoms with Crippen molar-refractivity contribution >= 4 is 5.97 Å². The van der Waals surface area contributed by atoms with Gasteiger partial charge < -0.3 is 31.8 Å². The third-order valence-corrected chi connectivity index (χ3v) is 1.10. The zero-order chi connectivity index (χ0) is 6.69. The first-order valence-corrected chi connectivity index (χ1v) is 2.70. The summed E-state index contributed by atoms with van der Waals surface area (Å²) in [5, 5.41) is 0. The first kappa shape index (κ1) is 22.9. The first-order chi connectivity index (χ1) is 4.34. The van der Waals surface area contributed by atoms with Crippen LogP contribution in [0.25, 0.3) is 0 Å². The molecule has 0 aromatic heterocycles. The number of methoxy groups -OCH3 is 1. The third kappa shape index (κ3) is 6.77. The van der Waals surface area contributed by atoms with E-state index in [1.807, 2.05) is 6.08 Å². The fourth-order valence-electron chi connectivity index (χ4n) is 0.655. The number of ether oxygens (including phenoxy) is 1. The molecule has 13 heavy (non-hydrogen) atoms. The fraction of sp³-hybridized carbons (Fsp3) is 0.200. The Morgan fingerprint density at radius 2 is 2.00 bits per heavy atom. The van der Waals surface area contributed by atoms with Gasteiger partial charge in [0.25, 0.3) is 0 Å². The summed E-state index contributed by atoms with van der Waals surface area (Å²) in [5.41, 5.74) is 0.539. The van der Waals surface area contributed by atoms with Crippen LogP contribution in [0.3, 0.4) is 0 Å². The largest absolute Gasteiger partial charge is 4.00 e. The number of esters is 1. The smallest absolute Gasteiger partial charge is 0.523 e.